The second-order valence-electron chi connectivity index (χ2n) is 6.02. The van der Waals surface area contributed by atoms with Gasteiger partial charge in [0.25, 0.3) is 0 Å². The SMILES string of the molecule is CCOc1cc(CNCc2ccccn2)ccc1OCc1ccccc1Cl.Cl. The van der Waals surface area contributed by atoms with E-state index in [0.717, 1.165) is 35.7 Å². The van der Waals surface area contributed by atoms with E-state index in [1.165, 1.54) is 0 Å². The number of halogens is 2. The Morgan fingerprint density at radius 1 is 0.929 bits per heavy atom. The third-order valence-corrected chi connectivity index (χ3v) is 4.38. The molecule has 0 radical (unpaired) electrons. The van der Waals surface area contributed by atoms with E-state index in [0.29, 0.717) is 24.0 Å². The maximum absolute atomic E-state index is 6.20. The average molecular weight is 419 g/mol. The zero-order valence-corrected chi connectivity index (χ0v) is 17.3. The number of pyridine rings is 1. The smallest absolute Gasteiger partial charge is 0.161 e. The fourth-order valence-electron chi connectivity index (χ4n) is 2.66. The van der Waals surface area contributed by atoms with Crippen molar-refractivity contribution in [3.63, 3.8) is 0 Å². The van der Waals surface area contributed by atoms with Crippen molar-refractivity contribution in [3.05, 3.63) is 88.7 Å². The Hall–Kier alpha value is -2.27. The van der Waals surface area contributed by atoms with Gasteiger partial charge in [-0.1, -0.05) is 41.9 Å². The van der Waals surface area contributed by atoms with Gasteiger partial charge in [0.2, 0.25) is 0 Å². The molecule has 1 N–H and O–H groups in total. The van der Waals surface area contributed by atoms with Crippen molar-refractivity contribution in [1.82, 2.24) is 10.3 Å². The average Bonchev–Trinajstić information content (AvgIpc) is 2.69. The summed E-state index contributed by atoms with van der Waals surface area (Å²) in [6, 6.07) is 19.6. The van der Waals surface area contributed by atoms with Crippen LogP contribution in [-0.4, -0.2) is 11.6 Å². The highest BCUT2D eigenvalue weighted by Gasteiger charge is 2.08. The largest absolute Gasteiger partial charge is 0.490 e. The van der Waals surface area contributed by atoms with Crippen LogP contribution in [0.1, 0.15) is 23.7 Å². The standard InChI is InChI=1S/C22H23ClN2O2.ClH/c1-2-26-22-13-17(14-24-15-19-8-5-6-12-25-19)10-11-21(22)27-16-18-7-3-4-9-20(18)23;/h3-13,24H,2,14-16H2,1H3;1H. The molecule has 4 nitrogen and oxygen atoms in total. The first kappa shape index (κ1) is 22.0. The first-order chi connectivity index (χ1) is 13.3. The molecular formula is C22H24Cl2N2O2. The highest BCUT2D eigenvalue weighted by molar-refractivity contribution is 6.31. The zero-order valence-electron chi connectivity index (χ0n) is 15.7. The molecule has 28 heavy (non-hydrogen) atoms. The topological polar surface area (TPSA) is 43.4 Å². The van der Waals surface area contributed by atoms with Crippen LogP contribution < -0.4 is 14.8 Å². The molecule has 0 aliphatic heterocycles. The maximum Gasteiger partial charge on any atom is 0.161 e. The summed E-state index contributed by atoms with van der Waals surface area (Å²) in [6.07, 6.45) is 1.80. The van der Waals surface area contributed by atoms with Gasteiger partial charge >= 0.3 is 0 Å². The summed E-state index contributed by atoms with van der Waals surface area (Å²) in [7, 11) is 0. The molecule has 0 spiro atoms. The van der Waals surface area contributed by atoms with Gasteiger partial charge in [-0.2, -0.15) is 0 Å². The van der Waals surface area contributed by atoms with Gasteiger partial charge in [0.15, 0.2) is 11.5 Å². The zero-order chi connectivity index (χ0) is 18.9. The van der Waals surface area contributed by atoms with Crippen molar-refractivity contribution < 1.29 is 9.47 Å². The van der Waals surface area contributed by atoms with E-state index in [-0.39, 0.29) is 12.4 Å². The quantitative estimate of drug-likeness (QED) is 0.503. The van der Waals surface area contributed by atoms with Gasteiger partial charge in [-0.05, 0) is 42.8 Å². The molecule has 0 unspecified atom stereocenters. The van der Waals surface area contributed by atoms with Gasteiger partial charge in [0, 0.05) is 29.9 Å². The fourth-order valence-corrected chi connectivity index (χ4v) is 2.85. The van der Waals surface area contributed by atoms with Crippen LogP contribution in [0.15, 0.2) is 66.9 Å². The Morgan fingerprint density at radius 2 is 1.75 bits per heavy atom. The summed E-state index contributed by atoms with van der Waals surface area (Å²) in [5.41, 5.74) is 3.09. The highest BCUT2D eigenvalue weighted by atomic mass is 35.5. The molecule has 3 aromatic rings. The van der Waals surface area contributed by atoms with Crippen molar-refractivity contribution in [2.45, 2.75) is 26.6 Å². The van der Waals surface area contributed by atoms with E-state index in [1.807, 2.05) is 67.6 Å². The minimum absolute atomic E-state index is 0. The Morgan fingerprint density at radius 3 is 2.50 bits per heavy atom. The first-order valence-electron chi connectivity index (χ1n) is 8.99. The Balaban J connectivity index is 0.00000280. The second kappa shape index (κ2) is 11.5. The van der Waals surface area contributed by atoms with E-state index in [9.17, 15) is 0 Å². The molecule has 0 saturated heterocycles. The number of hydrogen-bond acceptors (Lipinski definition) is 4. The summed E-state index contributed by atoms with van der Waals surface area (Å²) in [5.74, 6) is 1.45. The van der Waals surface area contributed by atoms with Gasteiger partial charge < -0.3 is 14.8 Å². The Kier molecular flexibility index (Phi) is 9.08. The summed E-state index contributed by atoms with van der Waals surface area (Å²) in [4.78, 5) is 4.31. The summed E-state index contributed by atoms with van der Waals surface area (Å²) in [5, 5.41) is 4.10. The third kappa shape index (κ3) is 6.41. The predicted molar refractivity (Wildman–Crippen MR) is 115 cm³/mol. The van der Waals surface area contributed by atoms with E-state index >= 15 is 0 Å². The molecule has 6 heteroatoms. The Labute approximate surface area is 177 Å². The maximum atomic E-state index is 6.20. The number of hydrogen-bond donors (Lipinski definition) is 1. The summed E-state index contributed by atoms with van der Waals surface area (Å²) < 4.78 is 11.7. The van der Waals surface area contributed by atoms with Gasteiger partial charge in [-0.15, -0.1) is 12.4 Å². The van der Waals surface area contributed by atoms with Crippen molar-refractivity contribution in [3.8, 4) is 11.5 Å². The van der Waals surface area contributed by atoms with Gasteiger partial charge in [0.1, 0.15) is 6.61 Å². The molecule has 0 amide bonds. The van der Waals surface area contributed by atoms with Crippen LogP contribution >= 0.6 is 24.0 Å². The molecule has 0 aliphatic rings. The second-order valence-corrected chi connectivity index (χ2v) is 6.43. The predicted octanol–water partition coefficient (Wildman–Crippen LogP) is 5.42. The van der Waals surface area contributed by atoms with Gasteiger partial charge in [0.05, 0.1) is 12.3 Å². The molecule has 3 rings (SSSR count). The molecule has 1 heterocycles. The number of aromatic nitrogens is 1. The lowest BCUT2D eigenvalue weighted by atomic mass is 10.2. The number of ether oxygens (including phenoxy) is 2. The lowest BCUT2D eigenvalue weighted by Gasteiger charge is -2.14. The van der Waals surface area contributed by atoms with Crippen molar-refractivity contribution in [1.29, 1.82) is 0 Å². The lowest BCUT2D eigenvalue weighted by Crippen LogP contribution is -2.13. The number of nitrogens with one attached hydrogen (secondary N) is 1. The molecule has 0 aliphatic carbocycles. The van der Waals surface area contributed by atoms with Gasteiger partial charge in [-0.25, -0.2) is 0 Å². The van der Waals surface area contributed by atoms with Crippen LogP contribution in [0.5, 0.6) is 11.5 Å². The summed E-state index contributed by atoms with van der Waals surface area (Å²) in [6.45, 7) is 4.38. The third-order valence-electron chi connectivity index (χ3n) is 4.01. The highest BCUT2D eigenvalue weighted by Crippen LogP contribution is 2.30. The number of rotatable bonds is 9. The van der Waals surface area contributed by atoms with Crippen LogP contribution in [0.25, 0.3) is 0 Å². The number of benzene rings is 2. The van der Waals surface area contributed by atoms with Crippen LogP contribution in [0, 0.1) is 0 Å². The molecule has 0 fully saturated rings. The molecule has 148 valence electrons. The van der Waals surface area contributed by atoms with E-state index in [2.05, 4.69) is 10.3 Å². The van der Waals surface area contributed by atoms with Crippen molar-refractivity contribution in [2.75, 3.05) is 6.61 Å². The van der Waals surface area contributed by atoms with Crippen LogP contribution in [0.3, 0.4) is 0 Å². The van der Waals surface area contributed by atoms with E-state index < -0.39 is 0 Å². The molecular weight excluding hydrogens is 395 g/mol. The Bertz CT molecular complexity index is 860. The fraction of sp³-hybridized carbons (Fsp3) is 0.227. The van der Waals surface area contributed by atoms with Crippen molar-refractivity contribution >= 4 is 24.0 Å². The molecule has 0 bridgehead atoms. The minimum Gasteiger partial charge on any atom is -0.490 e. The number of nitrogens with zero attached hydrogens (tertiary/aromatic N) is 1. The van der Waals surface area contributed by atoms with Crippen LogP contribution in [-0.2, 0) is 19.7 Å². The molecule has 0 atom stereocenters. The van der Waals surface area contributed by atoms with E-state index in [1.54, 1.807) is 6.20 Å². The molecule has 2 aromatic carbocycles. The molecule has 0 saturated carbocycles. The monoisotopic (exact) mass is 418 g/mol. The lowest BCUT2D eigenvalue weighted by molar-refractivity contribution is 0.269. The molecule has 1 aromatic heterocycles. The first-order valence-corrected chi connectivity index (χ1v) is 9.36. The van der Waals surface area contributed by atoms with Gasteiger partial charge in [-0.3, -0.25) is 4.98 Å². The van der Waals surface area contributed by atoms with Crippen LogP contribution in [0.4, 0.5) is 0 Å². The summed E-state index contributed by atoms with van der Waals surface area (Å²) >= 11 is 6.20. The minimum atomic E-state index is 0. The van der Waals surface area contributed by atoms with Crippen molar-refractivity contribution in [2.24, 2.45) is 0 Å². The van der Waals surface area contributed by atoms with Crippen LogP contribution in [0.2, 0.25) is 5.02 Å². The van der Waals surface area contributed by atoms with E-state index in [4.69, 9.17) is 21.1 Å². The normalized spacial score (nSPS) is 10.2.